The van der Waals surface area contributed by atoms with Gasteiger partial charge in [-0.15, -0.1) is 0 Å². The molecule has 1 N–H and O–H groups in total. The molecule has 0 bridgehead atoms. The Morgan fingerprint density at radius 1 is 1.20 bits per heavy atom. The number of methoxy groups -OCH3 is 1. The van der Waals surface area contributed by atoms with E-state index in [0.717, 1.165) is 38.9 Å². The second-order valence-electron chi connectivity index (χ2n) is 6.65. The third-order valence-corrected chi connectivity index (χ3v) is 4.95. The summed E-state index contributed by atoms with van der Waals surface area (Å²) in [5, 5.41) is 10.4. The average Bonchev–Trinajstić information content (AvgIpc) is 2.68. The largest absolute Gasteiger partial charge is 0.497 e. The summed E-state index contributed by atoms with van der Waals surface area (Å²) in [6.45, 7) is 2.78. The number of benzene rings is 1. The second-order valence-corrected chi connectivity index (χ2v) is 6.65. The molecule has 2 aliphatic rings. The van der Waals surface area contributed by atoms with E-state index in [0.29, 0.717) is 24.4 Å². The van der Waals surface area contributed by atoms with Crippen LogP contribution in [0.25, 0.3) is 0 Å². The Balaban J connectivity index is 1.50. The fourth-order valence-electron chi connectivity index (χ4n) is 3.42. The molecule has 1 unspecified atom stereocenters. The van der Waals surface area contributed by atoms with Crippen LogP contribution >= 0.6 is 0 Å². The highest BCUT2D eigenvalue weighted by molar-refractivity contribution is 5.82. The van der Waals surface area contributed by atoms with E-state index in [-0.39, 0.29) is 18.1 Å². The Labute approximate surface area is 148 Å². The molecule has 0 spiro atoms. The maximum absolute atomic E-state index is 12.6. The van der Waals surface area contributed by atoms with Crippen LogP contribution in [-0.2, 0) is 14.3 Å². The van der Waals surface area contributed by atoms with Gasteiger partial charge in [0.15, 0.2) is 6.10 Å². The maximum Gasteiger partial charge on any atom is 0.256 e. The molecule has 0 radical (unpaired) electrons. The van der Waals surface area contributed by atoms with E-state index in [4.69, 9.17) is 14.2 Å². The standard InChI is InChI=1S/C19H27NO5/c1-23-17-4-2-3-14(13-17)18(21)19(22)20-9-5-15(6-10-20)25-16-7-11-24-12-8-16/h2-4,13,15-16,18,21H,5-12H2,1H3. The molecule has 1 aromatic rings. The number of rotatable bonds is 5. The van der Waals surface area contributed by atoms with Gasteiger partial charge in [-0.1, -0.05) is 12.1 Å². The first-order valence-corrected chi connectivity index (χ1v) is 9.01. The van der Waals surface area contributed by atoms with Crippen LogP contribution in [0.3, 0.4) is 0 Å². The van der Waals surface area contributed by atoms with Crippen LogP contribution in [0, 0.1) is 0 Å². The predicted octanol–water partition coefficient (Wildman–Crippen LogP) is 1.92. The molecule has 6 heteroatoms. The van der Waals surface area contributed by atoms with Crippen LogP contribution in [0.4, 0.5) is 0 Å². The number of nitrogens with zero attached hydrogens (tertiary/aromatic N) is 1. The fourth-order valence-corrected chi connectivity index (χ4v) is 3.42. The Morgan fingerprint density at radius 2 is 1.88 bits per heavy atom. The van der Waals surface area contributed by atoms with Crippen molar-refractivity contribution >= 4 is 5.91 Å². The third kappa shape index (κ3) is 4.71. The van der Waals surface area contributed by atoms with Gasteiger partial charge in [0.1, 0.15) is 5.75 Å². The number of carbonyl (C=O) groups excluding carboxylic acids is 1. The first-order valence-electron chi connectivity index (χ1n) is 9.01. The van der Waals surface area contributed by atoms with Gasteiger partial charge >= 0.3 is 0 Å². The molecule has 0 aliphatic carbocycles. The van der Waals surface area contributed by atoms with Gasteiger partial charge in [-0.25, -0.2) is 0 Å². The van der Waals surface area contributed by atoms with Gasteiger partial charge in [0.25, 0.3) is 5.91 Å². The summed E-state index contributed by atoms with van der Waals surface area (Å²) in [5.41, 5.74) is 0.560. The number of ether oxygens (including phenoxy) is 3. The summed E-state index contributed by atoms with van der Waals surface area (Å²) in [5.74, 6) is 0.380. The number of amides is 1. The minimum Gasteiger partial charge on any atom is -0.497 e. The molecule has 138 valence electrons. The van der Waals surface area contributed by atoms with Crippen LogP contribution < -0.4 is 4.74 Å². The van der Waals surface area contributed by atoms with Crippen molar-refractivity contribution in [2.45, 2.75) is 44.0 Å². The minimum atomic E-state index is -1.15. The summed E-state index contributed by atoms with van der Waals surface area (Å²) in [7, 11) is 1.57. The number of aliphatic hydroxyl groups is 1. The number of likely N-dealkylation sites (tertiary alicyclic amines) is 1. The maximum atomic E-state index is 12.6. The van der Waals surface area contributed by atoms with E-state index in [9.17, 15) is 9.90 Å². The van der Waals surface area contributed by atoms with E-state index in [1.807, 2.05) is 0 Å². The molecule has 2 aliphatic heterocycles. The van der Waals surface area contributed by atoms with E-state index < -0.39 is 6.10 Å². The van der Waals surface area contributed by atoms with Gasteiger partial charge in [-0.3, -0.25) is 4.79 Å². The highest BCUT2D eigenvalue weighted by Gasteiger charge is 2.29. The molecule has 1 aromatic carbocycles. The molecule has 2 fully saturated rings. The molecule has 0 aromatic heterocycles. The van der Waals surface area contributed by atoms with Crippen molar-refractivity contribution in [1.29, 1.82) is 0 Å². The Bertz CT molecular complexity index is 565. The lowest BCUT2D eigenvalue weighted by molar-refractivity contribution is -0.144. The highest BCUT2D eigenvalue weighted by Crippen LogP contribution is 2.24. The van der Waals surface area contributed by atoms with Gasteiger partial charge in [0, 0.05) is 26.3 Å². The van der Waals surface area contributed by atoms with Crippen LogP contribution in [0.5, 0.6) is 5.75 Å². The zero-order valence-corrected chi connectivity index (χ0v) is 14.7. The molecule has 3 rings (SSSR count). The number of hydrogen-bond acceptors (Lipinski definition) is 5. The summed E-state index contributed by atoms with van der Waals surface area (Å²) >= 11 is 0. The highest BCUT2D eigenvalue weighted by atomic mass is 16.5. The fraction of sp³-hybridized carbons (Fsp3) is 0.632. The molecule has 6 nitrogen and oxygen atoms in total. The second kappa shape index (κ2) is 8.65. The quantitative estimate of drug-likeness (QED) is 0.880. The van der Waals surface area contributed by atoms with Crippen molar-refractivity contribution in [1.82, 2.24) is 4.90 Å². The Hall–Kier alpha value is -1.63. The first-order chi connectivity index (χ1) is 12.2. The van der Waals surface area contributed by atoms with Crippen molar-refractivity contribution in [3.8, 4) is 5.75 Å². The number of piperidine rings is 1. The van der Waals surface area contributed by atoms with E-state index in [1.165, 1.54) is 0 Å². The van der Waals surface area contributed by atoms with Crippen molar-refractivity contribution in [3.63, 3.8) is 0 Å². The van der Waals surface area contributed by atoms with Gasteiger partial charge < -0.3 is 24.2 Å². The van der Waals surface area contributed by atoms with Crippen molar-refractivity contribution < 1.29 is 24.1 Å². The molecular formula is C19H27NO5. The van der Waals surface area contributed by atoms with E-state index in [2.05, 4.69) is 0 Å². The van der Waals surface area contributed by atoms with Gasteiger partial charge in [-0.05, 0) is 43.4 Å². The Morgan fingerprint density at radius 3 is 2.56 bits per heavy atom. The summed E-state index contributed by atoms with van der Waals surface area (Å²) in [6.07, 6.45) is 2.86. The molecule has 1 amide bonds. The van der Waals surface area contributed by atoms with Gasteiger partial charge in [0.2, 0.25) is 0 Å². The summed E-state index contributed by atoms with van der Waals surface area (Å²) in [4.78, 5) is 14.3. The summed E-state index contributed by atoms with van der Waals surface area (Å²) < 4.78 is 16.6. The third-order valence-electron chi connectivity index (χ3n) is 4.95. The van der Waals surface area contributed by atoms with Crippen molar-refractivity contribution in [3.05, 3.63) is 29.8 Å². The lowest BCUT2D eigenvalue weighted by Gasteiger charge is -2.35. The smallest absolute Gasteiger partial charge is 0.256 e. The zero-order valence-electron chi connectivity index (χ0n) is 14.7. The van der Waals surface area contributed by atoms with Gasteiger partial charge in [0.05, 0.1) is 19.3 Å². The molecule has 25 heavy (non-hydrogen) atoms. The number of aliphatic hydroxyl groups excluding tert-OH is 1. The van der Waals surface area contributed by atoms with Crippen LogP contribution in [0.1, 0.15) is 37.4 Å². The topological polar surface area (TPSA) is 68.2 Å². The zero-order chi connectivity index (χ0) is 17.6. The van der Waals surface area contributed by atoms with Crippen molar-refractivity contribution in [2.24, 2.45) is 0 Å². The van der Waals surface area contributed by atoms with Crippen LogP contribution in [-0.4, -0.2) is 61.5 Å². The normalized spacial score (nSPS) is 21.1. The number of hydrogen-bond donors (Lipinski definition) is 1. The Kier molecular flexibility index (Phi) is 6.29. The molecule has 2 saturated heterocycles. The van der Waals surface area contributed by atoms with Crippen molar-refractivity contribution in [2.75, 3.05) is 33.4 Å². The van der Waals surface area contributed by atoms with Crippen LogP contribution in [0.2, 0.25) is 0 Å². The van der Waals surface area contributed by atoms with E-state index in [1.54, 1.807) is 36.3 Å². The first kappa shape index (κ1) is 18.2. The molecule has 1 atom stereocenters. The monoisotopic (exact) mass is 349 g/mol. The SMILES string of the molecule is COc1cccc(C(O)C(=O)N2CCC(OC3CCOCC3)CC2)c1. The van der Waals surface area contributed by atoms with E-state index >= 15 is 0 Å². The molecular weight excluding hydrogens is 322 g/mol. The minimum absolute atomic E-state index is 0.195. The number of carbonyl (C=O) groups is 1. The molecule has 0 saturated carbocycles. The lowest BCUT2D eigenvalue weighted by atomic mass is 10.0. The summed E-state index contributed by atoms with van der Waals surface area (Å²) in [6, 6.07) is 7.01. The average molecular weight is 349 g/mol. The van der Waals surface area contributed by atoms with Gasteiger partial charge in [-0.2, -0.15) is 0 Å². The molecule has 2 heterocycles. The lowest BCUT2D eigenvalue weighted by Crippen LogP contribution is -2.44. The predicted molar refractivity (Wildman–Crippen MR) is 92.5 cm³/mol. The van der Waals surface area contributed by atoms with Crippen LogP contribution in [0.15, 0.2) is 24.3 Å².